The van der Waals surface area contributed by atoms with E-state index >= 15 is 0 Å². The molecule has 104 valence electrons. The summed E-state index contributed by atoms with van der Waals surface area (Å²) in [6, 6.07) is 5.47. The molecule has 1 atom stereocenters. The van der Waals surface area contributed by atoms with E-state index in [4.69, 9.17) is 9.84 Å². The number of carbonyl (C=O) groups is 2. The van der Waals surface area contributed by atoms with Crippen LogP contribution in [0.2, 0.25) is 0 Å². The van der Waals surface area contributed by atoms with Crippen molar-refractivity contribution in [3.8, 4) is 5.75 Å². The molecule has 0 saturated carbocycles. The summed E-state index contributed by atoms with van der Waals surface area (Å²) < 4.78 is 5.46. The van der Waals surface area contributed by atoms with Crippen LogP contribution in [0.3, 0.4) is 0 Å². The highest BCUT2D eigenvalue weighted by Crippen LogP contribution is 2.17. The lowest BCUT2D eigenvalue weighted by Gasteiger charge is -2.13. The number of rotatable bonds is 6. The average molecular weight is 266 g/mol. The standard InChI is InChI=1S/C13H18N2O4/c1-8(2)19-10-6-4-9(5-7-10)15-12(16)11(14-3)13(17)18/h4-8,11,14H,1-3H3,(H,15,16)(H,17,18). The van der Waals surface area contributed by atoms with Crippen LogP contribution < -0.4 is 15.4 Å². The van der Waals surface area contributed by atoms with Crippen molar-refractivity contribution in [2.24, 2.45) is 0 Å². The largest absolute Gasteiger partial charge is 0.491 e. The van der Waals surface area contributed by atoms with Crippen LogP contribution in [0, 0.1) is 0 Å². The summed E-state index contributed by atoms with van der Waals surface area (Å²) >= 11 is 0. The Morgan fingerprint density at radius 1 is 1.21 bits per heavy atom. The maximum atomic E-state index is 11.7. The Bertz CT molecular complexity index is 442. The molecule has 19 heavy (non-hydrogen) atoms. The monoisotopic (exact) mass is 266 g/mol. The van der Waals surface area contributed by atoms with E-state index in [-0.39, 0.29) is 6.10 Å². The molecule has 1 unspecified atom stereocenters. The van der Waals surface area contributed by atoms with Crippen molar-refractivity contribution in [3.05, 3.63) is 24.3 Å². The number of hydrogen-bond donors (Lipinski definition) is 3. The number of amides is 1. The summed E-state index contributed by atoms with van der Waals surface area (Å²) in [5.74, 6) is -1.15. The van der Waals surface area contributed by atoms with Gasteiger partial charge in [-0.15, -0.1) is 0 Å². The van der Waals surface area contributed by atoms with Crippen molar-refractivity contribution < 1.29 is 19.4 Å². The smallest absolute Gasteiger partial charge is 0.330 e. The van der Waals surface area contributed by atoms with Gasteiger partial charge in [0.05, 0.1) is 6.10 Å². The summed E-state index contributed by atoms with van der Waals surface area (Å²) in [5, 5.41) is 13.8. The second-order valence-corrected chi connectivity index (χ2v) is 4.24. The van der Waals surface area contributed by atoms with Crippen molar-refractivity contribution in [3.63, 3.8) is 0 Å². The maximum Gasteiger partial charge on any atom is 0.330 e. The molecule has 0 aliphatic carbocycles. The van der Waals surface area contributed by atoms with Gasteiger partial charge in [0.2, 0.25) is 0 Å². The van der Waals surface area contributed by atoms with Crippen molar-refractivity contribution in [2.75, 3.05) is 12.4 Å². The Morgan fingerprint density at radius 3 is 2.21 bits per heavy atom. The number of benzene rings is 1. The third kappa shape index (κ3) is 4.59. The van der Waals surface area contributed by atoms with Gasteiger partial charge in [0, 0.05) is 5.69 Å². The van der Waals surface area contributed by atoms with E-state index in [1.54, 1.807) is 24.3 Å². The molecule has 0 aliphatic heterocycles. The first-order chi connectivity index (χ1) is 8.93. The Kier molecular flexibility index (Phi) is 5.32. The average Bonchev–Trinajstić information content (AvgIpc) is 2.31. The number of carbonyl (C=O) groups excluding carboxylic acids is 1. The third-order valence-electron chi connectivity index (χ3n) is 2.29. The van der Waals surface area contributed by atoms with Crippen LogP contribution in [0.15, 0.2) is 24.3 Å². The first-order valence-corrected chi connectivity index (χ1v) is 5.91. The molecule has 0 fully saturated rings. The molecule has 1 rings (SSSR count). The number of anilines is 1. The Hall–Kier alpha value is -2.08. The second-order valence-electron chi connectivity index (χ2n) is 4.24. The minimum atomic E-state index is -1.27. The van der Waals surface area contributed by atoms with Crippen LogP contribution >= 0.6 is 0 Å². The van der Waals surface area contributed by atoms with Crippen LogP contribution in [0.1, 0.15) is 13.8 Å². The van der Waals surface area contributed by atoms with Gasteiger partial charge in [-0.05, 0) is 45.2 Å². The molecule has 0 radical (unpaired) electrons. The fourth-order valence-electron chi connectivity index (χ4n) is 1.47. The number of carboxylic acids is 1. The van der Waals surface area contributed by atoms with Crippen LogP contribution in [0.25, 0.3) is 0 Å². The predicted molar refractivity (Wildman–Crippen MR) is 71.3 cm³/mol. The topological polar surface area (TPSA) is 87.7 Å². The van der Waals surface area contributed by atoms with Crippen LogP contribution in [-0.2, 0) is 9.59 Å². The summed E-state index contributed by atoms with van der Waals surface area (Å²) in [6.07, 6.45) is 0.0705. The second kappa shape index (κ2) is 6.75. The van der Waals surface area contributed by atoms with E-state index in [9.17, 15) is 9.59 Å². The van der Waals surface area contributed by atoms with Crippen molar-refractivity contribution in [1.29, 1.82) is 0 Å². The lowest BCUT2D eigenvalue weighted by molar-refractivity contribution is -0.142. The summed E-state index contributed by atoms with van der Waals surface area (Å²) in [7, 11) is 1.41. The summed E-state index contributed by atoms with van der Waals surface area (Å²) in [6.45, 7) is 3.83. The van der Waals surface area contributed by atoms with E-state index in [1.807, 2.05) is 13.8 Å². The van der Waals surface area contributed by atoms with Gasteiger partial charge in [-0.2, -0.15) is 0 Å². The summed E-state index contributed by atoms with van der Waals surface area (Å²) in [4.78, 5) is 22.5. The first kappa shape index (κ1) is 15.0. The number of nitrogens with one attached hydrogen (secondary N) is 2. The molecule has 0 spiro atoms. The Morgan fingerprint density at radius 2 is 1.79 bits per heavy atom. The number of hydrogen-bond acceptors (Lipinski definition) is 4. The molecule has 0 saturated heterocycles. The van der Waals surface area contributed by atoms with E-state index in [0.717, 1.165) is 0 Å². The zero-order valence-corrected chi connectivity index (χ0v) is 11.1. The predicted octanol–water partition coefficient (Wildman–Crippen LogP) is 1.08. The molecule has 0 aliphatic rings. The van der Waals surface area contributed by atoms with Gasteiger partial charge >= 0.3 is 5.97 Å². The SMILES string of the molecule is CNC(C(=O)O)C(=O)Nc1ccc(OC(C)C)cc1. The number of ether oxygens (including phenoxy) is 1. The van der Waals surface area contributed by atoms with E-state index in [0.29, 0.717) is 11.4 Å². The van der Waals surface area contributed by atoms with E-state index in [2.05, 4.69) is 10.6 Å². The van der Waals surface area contributed by atoms with Gasteiger partial charge in [0.15, 0.2) is 6.04 Å². The van der Waals surface area contributed by atoms with Crippen LogP contribution in [0.5, 0.6) is 5.75 Å². The highest BCUT2D eigenvalue weighted by atomic mass is 16.5. The van der Waals surface area contributed by atoms with E-state index < -0.39 is 17.9 Å². The van der Waals surface area contributed by atoms with Gasteiger partial charge in [0.1, 0.15) is 5.75 Å². The maximum absolute atomic E-state index is 11.7. The summed E-state index contributed by atoms with van der Waals surface area (Å²) in [5.41, 5.74) is 0.516. The first-order valence-electron chi connectivity index (χ1n) is 5.91. The molecule has 3 N–H and O–H groups in total. The molecule has 6 nitrogen and oxygen atoms in total. The normalized spacial score (nSPS) is 12.0. The fraction of sp³-hybridized carbons (Fsp3) is 0.385. The molecule has 1 amide bonds. The molecule has 0 heterocycles. The molecule has 0 bridgehead atoms. The molecular formula is C13H18N2O4. The fourth-order valence-corrected chi connectivity index (χ4v) is 1.47. The molecule has 6 heteroatoms. The Labute approximate surface area is 111 Å². The van der Waals surface area contributed by atoms with Gasteiger partial charge in [-0.1, -0.05) is 0 Å². The molecule has 0 aromatic heterocycles. The Balaban J connectivity index is 2.67. The molecule has 1 aromatic carbocycles. The van der Waals surface area contributed by atoms with Gasteiger partial charge in [-0.25, -0.2) is 4.79 Å². The molecule has 1 aromatic rings. The number of carboxylic acid groups (broad SMARTS) is 1. The van der Waals surface area contributed by atoms with Gasteiger partial charge in [-0.3, -0.25) is 10.1 Å². The number of likely N-dealkylation sites (N-methyl/N-ethyl adjacent to an activating group) is 1. The highest BCUT2D eigenvalue weighted by Gasteiger charge is 2.23. The minimum absolute atomic E-state index is 0.0705. The van der Waals surface area contributed by atoms with Crippen molar-refractivity contribution in [1.82, 2.24) is 5.32 Å². The highest BCUT2D eigenvalue weighted by molar-refractivity contribution is 6.07. The lowest BCUT2D eigenvalue weighted by atomic mass is 10.2. The van der Waals surface area contributed by atoms with Crippen molar-refractivity contribution in [2.45, 2.75) is 26.0 Å². The third-order valence-corrected chi connectivity index (χ3v) is 2.29. The molecular weight excluding hydrogens is 248 g/mol. The quantitative estimate of drug-likeness (QED) is 0.671. The van der Waals surface area contributed by atoms with Crippen molar-refractivity contribution >= 4 is 17.6 Å². The van der Waals surface area contributed by atoms with Crippen LogP contribution in [-0.4, -0.2) is 36.2 Å². The lowest BCUT2D eigenvalue weighted by Crippen LogP contribution is -2.44. The zero-order chi connectivity index (χ0) is 14.4. The van der Waals surface area contributed by atoms with Crippen LogP contribution in [0.4, 0.5) is 5.69 Å². The van der Waals surface area contributed by atoms with Gasteiger partial charge < -0.3 is 15.2 Å². The van der Waals surface area contributed by atoms with E-state index in [1.165, 1.54) is 7.05 Å². The zero-order valence-electron chi connectivity index (χ0n) is 11.1. The van der Waals surface area contributed by atoms with Gasteiger partial charge in [0.25, 0.3) is 5.91 Å². The number of aliphatic carboxylic acids is 1. The minimum Gasteiger partial charge on any atom is -0.491 e.